The fourth-order valence-corrected chi connectivity index (χ4v) is 1.72. The molecule has 1 aliphatic rings. The molecule has 3 heteroatoms. The van der Waals surface area contributed by atoms with Gasteiger partial charge < -0.3 is 0 Å². The molecule has 0 fully saturated rings. The fraction of sp³-hybridized carbons (Fsp3) is 0.273. The Morgan fingerprint density at radius 3 is 2.50 bits per heavy atom. The Balaban J connectivity index is 2.19. The summed E-state index contributed by atoms with van der Waals surface area (Å²) < 4.78 is 14.4. The van der Waals surface area contributed by atoms with E-state index in [0.29, 0.717) is 0 Å². The van der Waals surface area contributed by atoms with Crippen LogP contribution in [0, 0.1) is 5.82 Å². The van der Waals surface area contributed by atoms with Crippen LogP contribution >= 0.6 is 11.8 Å². The average molecular weight is 212 g/mol. The zero-order valence-electron chi connectivity index (χ0n) is 7.71. The summed E-state index contributed by atoms with van der Waals surface area (Å²) in [6, 6.07) is 6.60. The Hall–Kier alpha value is -0.860. The van der Waals surface area contributed by atoms with Gasteiger partial charge in [0.15, 0.2) is 0 Å². The van der Waals surface area contributed by atoms with Crippen LogP contribution in [0.15, 0.2) is 30.3 Å². The molecular weight excluding hydrogens is 201 g/mol. The largest absolute Gasteiger partial charge is 0.216 e. The highest BCUT2D eigenvalue weighted by molar-refractivity contribution is 6.13. The van der Waals surface area contributed by atoms with Gasteiger partial charge in [-0.15, -0.1) is 0 Å². The molecule has 14 heavy (non-hydrogen) atoms. The third-order valence-electron chi connectivity index (χ3n) is 2.37. The van der Waals surface area contributed by atoms with Crippen molar-refractivity contribution in [3.8, 4) is 0 Å². The van der Waals surface area contributed by atoms with Gasteiger partial charge in [-0.05, 0) is 41.5 Å². The lowest BCUT2D eigenvalue weighted by molar-refractivity contribution is 0.499. The van der Waals surface area contributed by atoms with Crippen LogP contribution in [0.1, 0.15) is 12.0 Å². The highest BCUT2D eigenvalue weighted by Gasteiger charge is 2.10. The lowest BCUT2D eigenvalue weighted by atomic mass is 10.0. The van der Waals surface area contributed by atoms with Crippen molar-refractivity contribution in [2.24, 2.45) is 0 Å². The molecule has 2 rings (SSSR count). The Labute approximate surface area is 87.9 Å². The van der Waals surface area contributed by atoms with E-state index in [1.54, 1.807) is 4.42 Å². The van der Waals surface area contributed by atoms with Crippen LogP contribution in [-0.2, 0) is 0 Å². The summed E-state index contributed by atoms with van der Waals surface area (Å²) >= 11 is 5.82. The molecule has 0 bridgehead atoms. The van der Waals surface area contributed by atoms with Crippen LogP contribution in [0.25, 0.3) is 5.57 Å². The van der Waals surface area contributed by atoms with Crippen molar-refractivity contribution in [3.05, 3.63) is 41.7 Å². The van der Waals surface area contributed by atoms with Gasteiger partial charge in [-0.25, -0.2) is 8.81 Å². The van der Waals surface area contributed by atoms with Crippen LogP contribution in [0.2, 0.25) is 0 Å². The van der Waals surface area contributed by atoms with Gasteiger partial charge in [-0.2, -0.15) is 0 Å². The molecule has 0 saturated carbocycles. The van der Waals surface area contributed by atoms with Gasteiger partial charge in [0, 0.05) is 13.1 Å². The summed E-state index contributed by atoms with van der Waals surface area (Å²) in [5.41, 5.74) is 2.35. The van der Waals surface area contributed by atoms with E-state index < -0.39 is 0 Å². The first kappa shape index (κ1) is 9.69. The van der Waals surface area contributed by atoms with Gasteiger partial charge in [-0.3, -0.25) is 0 Å². The summed E-state index contributed by atoms with van der Waals surface area (Å²) in [5, 5.41) is 0. The maximum atomic E-state index is 12.7. The molecule has 1 aromatic carbocycles. The van der Waals surface area contributed by atoms with Crippen LogP contribution in [0.5, 0.6) is 0 Å². The lowest BCUT2D eigenvalue weighted by Gasteiger charge is -2.19. The summed E-state index contributed by atoms with van der Waals surface area (Å²) in [4.78, 5) is 0. The molecular formula is C11H11ClFN. The van der Waals surface area contributed by atoms with Crippen LogP contribution < -0.4 is 0 Å². The second-order valence-electron chi connectivity index (χ2n) is 3.36. The Morgan fingerprint density at radius 1 is 1.21 bits per heavy atom. The van der Waals surface area contributed by atoms with Crippen LogP contribution in [0.3, 0.4) is 0 Å². The molecule has 0 atom stereocenters. The topological polar surface area (TPSA) is 3.24 Å². The predicted molar refractivity (Wildman–Crippen MR) is 56.4 cm³/mol. The van der Waals surface area contributed by atoms with Crippen molar-refractivity contribution in [2.45, 2.75) is 6.42 Å². The Morgan fingerprint density at radius 2 is 1.93 bits per heavy atom. The van der Waals surface area contributed by atoms with Gasteiger partial charge in [0.2, 0.25) is 0 Å². The zero-order chi connectivity index (χ0) is 9.97. The van der Waals surface area contributed by atoms with Crippen LogP contribution in [-0.4, -0.2) is 17.5 Å². The van der Waals surface area contributed by atoms with Gasteiger partial charge in [0.25, 0.3) is 0 Å². The number of hydrogen-bond acceptors (Lipinski definition) is 1. The minimum absolute atomic E-state index is 0.191. The number of nitrogens with zero attached hydrogens (tertiary/aromatic N) is 1. The van der Waals surface area contributed by atoms with Crippen molar-refractivity contribution in [1.29, 1.82) is 0 Å². The first-order valence-electron chi connectivity index (χ1n) is 4.61. The molecule has 0 N–H and O–H groups in total. The molecule has 0 spiro atoms. The SMILES string of the molecule is Fc1ccc(C2=CCN(Cl)CC2)cc1. The summed E-state index contributed by atoms with van der Waals surface area (Å²) in [6.45, 7) is 1.61. The van der Waals surface area contributed by atoms with Crippen molar-refractivity contribution in [3.63, 3.8) is 0 Å². The van der Waals surface area contributed by atoms with Crippen LogP contribution in [0.4, 0.5) is 4.39 Å². The predicted octanol–water partition coefficient (Wildman–Crippen LogP) is 3.07. The van der Waals surface area contributed by atoms with E-state index in [4.69, 9.17) is 11.8 Å². The second-order valence-corrected chi connectivity index (χ2v) is 3.83. The Kier molecular flexibility index (Phi) is 2.85. The zero-order valence-corrected chi connectivity index (χ0v) is 8.47. The third-order valence-corrected chi connectivity index (χ3v) is 2.68. The molecule has 0 radical (unpaired) electrons. The first-order chi connectivity index (χ1) is 6.75. The van der Waals surface area contributed by atoms with Crippen molar-refractivity contribution < 1.29 is 4.39 Å². The summed E-state index contributed by atoms with van der Waals surface area (Å²) in [6.07, 6.45) is 3.01. The molecule has 74 valence electrons. The van der Waals surface area contributed by atoms with Gasteiger partial charge in [-0.1, -0.05) is 18.2 Å². The molecule has 0 amide bonds. The Bertz CT molecular complexity index is 345. The highest BCUT2D eigenvalue weighted by atomic mass is 35.5. The van der Waals surface area contributed by atoms with E-state index in [9.17, 15) is 4.39 Å². The third kappa shape index (κ3) is 2.14. The molecule has 0 saturated heterocycles. The minimum Gasteiger partial charge on any atom is -0.216 e. The van der Waals surface area contributed by atoms with E-state index in [1.165, 1.54) is 17.7 Å². The summed E-state index contributed by atoms with van der Waals surface area (Å²) in [7, 11) is 0. The number of benzene rings is 1. The maximum Gasteiger partial charge on any atom is 0.123 e. The smallest absolute Gasteiger partial charge is 0.123 e. The van der Waals surface area contributed by atoms with Gasteiger partial charge in [0.05, 0.1) is 0 Å². The van der Waals surface area contributed by atoms with E-state index in [-0.39, 0.29) is 5.82 Å². The van der Waals surface area contributed by atoms with Gasteiger partial charge >= 0.3 is 0 Å². The van der Waals surface area contributed by atoms with E-state index in [2.05, 4.69) is 6.08 Å². The highest BCUT2D eigenvalue weighted by Crippen LogP contribution is 2.22. The number of rotatable bonds is 1. The fourth-order valence-electron chi connectivity index (χ4n) is 1.57. The molecule has 0 unspecified atom stereocenters. The quantitative estimate of drug-likeness (QED) is 0.646. The molecule has 0 aromatic heterocycles. The molecule has 0 aliphatic carbocycles. The van der Waals surface area contributed by atoms with Crippen molar-refractivity contribution in [2.75, 3.05) is 13.1 Å². The monoisotopic (exact) mass is 211 g/mol. The molecule has 1 aromatic rings. The van der Waals surface area contributed by atoms with E-state index in [1.807, 2.05) is 12.1 Å². The standard InChI is InChI=1S/C11H11ClFN/c12-14-7-5-10(6-8-14)9-1-3-11(13)4-2-9/h1-5H,6-8H2. The van der Waals surface area contributed by atoms with Crippen molar-refractivity contribution >= 4 is 17.3 Å². The minimum atomic E-state index is -0.191. The molecule has 1 heterocycles. The molecule has 1 nitrogen and oxygen atoms in total. The lowest BCUT2D eigenvalue weighted by Crippen LogP contribution is -2.18. The van der Waals surface area contributed by atoms with Gasteiger partial charge in [0.1, 0.15) is 5.82 Å². The molecule has 1 aliphatic heterocycles. The first-order valence-corrected chi connectivity index (χ1v) is 4.95. The van der Waals surface area contributed by atoms with Crippen molar-refractivity contribution in [1.82, 2.24) is 4.42 Å². The van der Waals surface area contributed by atoms with E-state index >= 15 is 0 Å². The normalized spacial score (nSPS) is 18.0. The number of halogens is 2. The summed E-state index contributed by atoms with van der Waals surface area (Å²) in [5.74, 6) is -0.191. The second kappa shape index (κ2) is 4.11. The van der Waals surface area contributed by atoms with E-state index in [0.717, 1.165) is 25.1 Å². The number of hydrogen-bond donors (Lipinski definition) is 0. The maximum absolute atomic E-state index is 12.7. The average Bonchev–Trinajstić information content (AvgIpc) is 2.21.